The third-order valence-electron chi connectivity index (χ3n) is 2.20. The first-order chi connectivity index (χ1) is 8.52. The summed E-state index contributed by atoms with van der Waals surface area (Å²) in [5.41, 5.74) is -1.02. The number of carbonyl (C=O) groups is 1. The number of rotatable bonds is 3. The number of aldehydes is 1. The fourth-order valence-corrected chi connectivity index (χ4v) is 1.44. The molecular weight excluding hydrogens is 249 g/mol. The topological polar surface area (TPSA) is 56.0 Å². The third-order valence-corrected chi connectivity index (χ3v) is 2.20. The molecule has 0 aliphatic rings. The number of hydrogen-bond acceptors (Lipinski definition) is 4. The number of hydrogen-bond donors (Lipinski definition) is 0. The number of benzene rings is 1. The van der Waals surface area contributed by atoms with Crippen molar-refractivity contribution in [2.45, 2.75) is 12.6 Å². The van der Waals surface area contributed by atoms with Crippen LogP contribution >= 0.6 is 0 Å². The largest absolute Gasteiger partial charge is 0.417 e. The average Bonchev–Trinajstić information content (AvgIpc) is 2.77. The van der Waals surface area contributed by atoms with Crippen LogP contribution in [0.1, 0.15) is 11.5 Å². The van der Waals surface area contributed by atoms with Gasteiger partial charge in [0, 0.05) is 5.56 Å². The van der Waals surface area contributed by atoms with E-state index in [2.05, 4.69) is 14.7 Å². The molecule has 0 N–H and O–H groups in total. The molecule has 0 saturated heterocycles. The Kier molecular flexibility index (Phi) is 3.14. The van der Waals surface area contributed by atoms with E-state index < -0.39 is 11.7 Å². The van der Waals surface area contributed by atoms with Gasteiger partial charge in [-0.15, -0.1) is 0 Å². The molecule has 1 aromatic heterocycles. The molecular formula is C11H7F3N2O2. The van der Waals surface area contributed by atoms with Crippen LogP contribution in [-0.4, -0.2) is 16.4 Å². The van der Waals surface area contributed by atoms with Gasteiger partial charge in [0.25, 0.3) is 0 Å². The van der Waals surface area contributed by atoms with Crippen molar-refractivity contribution in [3.05, 3.63) is 35.7 Å². The lowest BCUT2D eigenvalue weighted by atomic mass is 10.1. The van der Waals surface area contributed by atoms with E-state index in [1.54, 1.807) is 0 Å². The summed E-state index contributed by atoms with van der Waals surface area (Å²) in [4.78, 5) is 14.0. The smallest absolute Gasteiger partial charge is 0.339 e. The number of nitrogens with zero attached hydrogens (tertiary/aromatic N) is 2. The predicted octanol–water partition coefficient (Wildman–Crippen LogP) is 2.50. The van der Waals surface area contributed by atoms with Crippen molar-refractivity contribution in [2.75, 3.05) is 0 Å². The van der Waals surface area contributed by atoms with Crippen molar-refractivity contribution in [1.82, 2.24) is 10.1 Å². The molecule has 1 heterocycles. The van der Waals surface area contributed by atoms with E-state index >= 15 is 0 Å². The normalized spacial score (nSPS) is 11.5. The zero-order valence-corrected chi connectivity index (χ0v) is 8.94. The second-order valence-corrected chi connectivity index (χ2v) is 3.43. The van der Waals surface area contributed by atoms with Gasteiger partial charge in [-0.1, -0.05) is 23.4 Å². The van der Waals surface area contributed by atoms with Crippen molar-refractivity contribution < 1.29 is 22.5 Å². The monoisotopic (exact) mass is 256 g/mol. The van der Waals surface area contributed by atoms with Gasteiger partial charge in [0.2, 0.25) is 11.7 Å². The minimum Gasteiger partial charge on any atom is -0.339 e. The van der Waals surface area contributed by atoms with Crippen molar-refractivity contribution in [2.24, 2.45) is 0 Å². The van der Waals surface area contributed by atoms with Gasteiger partial charge >= 0.3 is 6.18 Å². The Morgan fingerprint density at radius 1 is 1.28 bits per heavy atom. The van der Waals surface area contributed by atoms with Crippen LogP contribution in [0.15, 0.2) is 28.8 Å². The molecule has 4 nitrogen and oxygen atoms in total. The number of aromatic nitrogens is 2. The van der Waals surface area contributed by atoms with Crippen LogP contribution < -0.4 is 0 Å². The van der Waals surface area contributed by atoms with Gasteiger partial charge in [-0.2, -0.15) is 18.2 Å². The van der Waals surface area contributed by atoms with Crippen molar-refractivity contribution in [3.63, 3.8) is 0 Å². The van der Waals surface area contributed by atoms with Gasteiger partial charge in [0.15, 0.2) is 0 Å². The molecule has 0 radical (unpaired) electrons. The number of carbonyl (C=O) groups excluding carboxylic acids is 1. The van der Waals surface area contributed by atoms with Gasteiger partial charge in [0.05, 0.1) is 12.0 Å². The minimum atomic E-state index is -4.50. The summed E-state index contributed by atoms with van der Waals surface area (Å²) in [6.45, 7) is 0. The van der Waals surface area contributed by atoms with E-state index in [0.717, 1.165) is 6.07 Å². The van der Waals surface area contributed by atoms with Gasteiger partial charge in [-0.25, -0.2) is 0 Å². The molecule has 7 heteroatoms. The Hall–Kier alpha value is -2.18. The highest BCUT2D eigenvalue weighted by atomic mass is 19.4. The maximum absolute atomic E-state index is 12.7. The summed E-state index contributed by atoms with van der Waals surface area (Å²) in [5, 5.41) is 3.43. The molecule has 2 aromatic rings. The van der Waals surface area contributed by atoms with Crippen molar-refractivity contribution >= 4 is 6.29 Å². The molecule has 0 atom stereocenters. The van der Waals surface area contributed by atoms with E-state index in [0.29, 0.717) is 6.29 Å². The predicted molar refractivity (Wildman–Crippen MR) is 54.5 cm³/mol. The van der Waals surface area contributed by atoms with Crippen LogP contribution in [0, 0.1) is 0 Å². The van der Waals surface area contributed by atoms with Crippen molar-refractivity contribution in [3.8, 4) is 11.4 Å². The van der Waals surface area contributed by atoms with E-state index in [4.69, 9.17) is 0 Å². The lowest BCUT2D eigenvalue weighted by Crippen LogP contribution is -2.07. The summed E-state index contributed by atoms with van der Waals surface area (Å²) in [7, 11) is 0. The Bertz CT molecular complexity index is 563. The summed E-state index contributed by atoms with van der Waals surface area (Å²) in [5.74, 6) is -0.197. The summed E-state index contributed by atoms with van der Waals surface area (Å²) in [6.07, 6.45) is -4.09. The van der Waals surface area contributed by atoms with E-state index in [1.807, 2.05) is 0 Å². The van der Waals surface area contributed by atoms with Crippen LogP contribution in [0.3, 0.4) is 0 Å². The van der Waals surface area contributed by atoms with Crippen LogP contribution in [0.5, 0.6) is 0 Å². The maximum atomic E-state index is 12.7. The zero-order valence-electron chi connectivity index (χ0n) is 8.94. The third kappa shape index (κ3) is 2.39. The highest BCUT2D eigenvalue weighted by Crippen LogP contribution is 2.35. The molecule has 1 aromatic carbocycles. The molecule has 94 valence electrons. The first kappa shape index (κ1) is 12.3. The molecule has 0 saturated carbocycles. The highest BCUT2D eigenvalue weighted by molar-refractivity contribution is 5.61. The molecule has 0 aliphatic heterocycles. The van der Waals surface area contributed by atoms with Crippen LogP contribution in [0.25, 0.3) is 11.4 Å². The van der Waals surface area contributed by atoms with Crippen LogP contribution in [0.2, 0.25) is 0 Å². The molecule has 0 unspecified atom stereocenters. The SMILES string of the molecule is O=CCc1nc(-c2ccccc2C(F)(F)F)no1. The van der Waals surface area contributed by atoms with E-state index in [9.17, 15) is 18.0 Å². The average molecular weight is 256 g/mol. The highest BCUT2D eigenvalue weighted by Gasteiger charge is 2.34. The maximum Gasteiger partial charge on any atom is 0.417 e. The molecule has 0 aliphatic carbocycles. The Labute approximate surface area is 99.4 Å². The molecule has 0 bridgehead atoms. The lowest BCUT2D eigenvalue weighted by Gasteiger charge is -2.09. The fraction of sp³-hybridized carbons (Fsp3) is 0.182. The summed E-state index contributed by atoms with van der Waals surface area (Å²) in [6, 6.07) is 4.91. The lowest BCUT2D eigenvalue weighted by molar-refractivity contribution is -0.137. The van der Waals surface area contributed by atoms with Crippen molar-refractivity contribution in [1.29, 1.82) is 0 Å². The molecule has 18 heavy (non-hydrogen) atoms. The summed E-state index contributed by atoms with van der Waals surface area (Å²) < 4.78 is 42.9. The molecule has 2 rings (SSSR count). The van der Waals surface area contributed by atoms with Gasteiger partial charge in [-0.3, -0.25) is 0 Å². The first-order valence-electron chi connectivity index (χ1n) is 4.95. The minimum absolute atomic E-state index is 0.0167. The van der Waals surface area contributed by atoms with Crippen LogP contribution in [0.4, 0.5) is 13.2 Å². The number of halogens is 3. The van der Waals surface area contributed by atoms with Gasteiger partial charge in [0.1, 0.15) is 6.29 Å². The van der Waals surface area contributed by atoms with E-state index in [1.165, 1.54) is 18.2 Å². The van der Waals surface area contributed by atoms with E-state index in [-0.39, 0.29) is 23.7 Å². The Balaban J connectivity index is 2.46. The molecule has 0 spiro atoms. The fourth-order valence-electron chi connectivity index (χ4n) is 1.44. The molecule has 0 amide bonds. The second kappa shape index (κ2) is 4.59. The van der Waals surface area contributed by atoms with Crippen LogP contribution in [-0.2, 0) is 17.4 Å². The Morgan fingerprint density at radius 3 is 2.67 bits per heavy atom. The number of alkyl halides is 3. The quantitative estimate of drug-likeness (QED) is 0.792. The Morgan fingerprint density at radius 2 is 2.00 bits per heavy atom. The summed E-state index contributed by atoms with van der Waals surface area (Å²) >= 11 is 0. The second-order valence-electron chi connectivity index (χ2n) is 3.43. The standard InChI is InChI=1S/C11H7F3N2O2/c12-11(13,14)8-4-2-1-3-7(8)10-15-9(5-6-17)18-16-10/h1-4,6H,5H2. The van der Waals surface area contributed by atoms with Gasteiger partial charge in [-0.05, 0) is 6.07 Å². The molecule has 0 fully saturated rings. The van der Waals surface area contributed by atoms with Gasteiger partial charge < -0.3 is 9.32 Å². The zero-order chi connectivity index (χ0) is 13.2. The first-order valence-corrected chi connectivity index (χ1v) is 4.95.